The maximum Gasteiger partial charge on any atom is 0.132 e. The Kier molecular flexibility index (Phi) is 3.11. The Morgan fingerprint density at radius 2 is 1.15 bits per heavy atom. The molecule has 1 aliphatic carbocycles. The van der Waals surface area contributed by atoms with Gasteiger partial charge in [0.2, 0.25) is 0 Å². The number of benzene rings is 5. The minimum atomic E-state index is -0.443. The summed E-state index contributed by atoms with van der Waals surface area (Å²) in [7, 11) is 0. The van der Waals surface area contributed by atoms with E-state index in [0.717, 1.165) is 11.5 Å². The Bertz CT molecular complexity index is 1710. The van der Waals surface area contributed by atoms with Gasteiger partial charge < -0.3 is 9.72 Å². The third kappa shape index (κ3) is 1.96. The van der Waals surface area contributed by atoms with E-state index in [9.17, 15) is 0 Å². The van der Waals surface area contributed by atoms with Crippen LogP contribution < -0.4 is 4.74 Å². The van der Waals surface area contributed by atoms with Crippen molar-refractivity contribution in [2.24, 2.45) is 0 Å². The van der Waals surface area contributed by atoms with E-state index in [1.165, 1.54) is 55.2 Å². The Morgan fingerprint density at radius 1 is 0.515 bits per heavy atom. The number of fused-ring (bicyclic) bond motifs is 13. The molecule has 2 aliphatic rings. The van der Waals surface area contributed by atoms with Crippen LogP contribution in [0.4, 0.5) is 0 Å². The second-order valence-corrected chi connectivity index (χ2v) is 8.97. The lowest BCUT2D eigenvalue weighted by atomic mass is 9.65. The molecule has 1 aliphatic heterocycles. The maximum absolute atomic E-state index is 6.47. The van der Waals surface area contributed by atoms with Crippen molar-refractivity contribution in [2.45, 2.75) is 5.41 Å². The van der Waals surface area contributed by atoms with Crippen molar-refractivity contribution in [1.82, 2.24) is 4.98 Å². The summed E-state index contributed by atoms with van der Waals surface area (Å²) in [4.78, 5) is 3.67. The van der Waals surface area contributed by atoms with E-state index in [1.54, 1.807) is 0 Å². The zero-order chi connectivity index (χ0) is 21.6. The van der Waals surface area contributed by atoms with Gasteiger partial charge in [-0.2, -0.15) is 0 Å². The van der Waals surface area contributed by atoms with E-state index in [-0.39, 0.29) is 0 Å². The summed E-state index contributed by atoms with van der Waals surface area (Å²) in [5.41, 5.74) is 9.56. The molecule has 5 aromatic carbocycles. The fourth-order valence-electron chi connectivity index (χ4n) is 6.29. The molecule has 1 N–H and O–H groups in total. The summed E-state index contributed by atoms with van der Waals surface area (Å²) < 4.78 is 6.47. The van der Waals surface area contributed by atoms with Gasteiger partial charge in [0.05, 0.1) is 5.41 Å². The summed E-state index contributed by atoms with van der Waals surface area (Å²) in [5.74, 6) is 1.85. The molecule has 0 atom stereocenters. The van der Waals surface area contributed by atoms with Crippen molar-refractivity contribution in [1.29, 1.82) is 0 Å². The normalized spacial score (nSPS) is 14.5. The van der Waals surface area contributed by atoms with Crippen molar-refractivity contribution < 1.29 is 4.74 Å². The molecule has 1 aromatic heterocycles. The van der Waals surface area contributed by atoms with Crippen LogP contribution >= 0.6 is 0 Å². The molecule has 2 nitrogen and oxygen atoms in total. The standard InChI is InChI=1S/C31H19NO/c1-3-11-22-19(9-1)20-17-18-26-29(21-10-2-6-14-25(21)32-26)30(20)31(22)23-12-4-7-15-27(23)33-28-16-8-5-13-24(28)31/h1-18,32H. The first-order chi connectivity index (χ1) is 16.4. The number of hydrogen-bond donors (Lipinski definition) is 1. The molecule has 0 fully saturated rings. The van der Waals surface area contributed by atoms with Gasteiger partial charge in [-0.3, -0.25) is 0 Å². The van der Waals surface area contributed by atoms with Crippen molar-refractivity contribution in [2.75, 3.05) is 0 Å². The first-order valence-electron chi connectivity index (χ1n) is 11.4. The van der Waals surface area contributed by atoms with Crippen LogP contribution in [0.3, 0.4) is 0 Å². The number of ether oxygens (including phenoxy) is 1. The smallest absolute Gasteiger partial charge is 0.132 e. The number of hydrogen-bond acceptors (Lipinski definition) is 1. The Morgan fingerprint density at radius 3 is 1.94 bits per heavy atom. The molecular formula is C31H19NO. The minimum Gasteiger partial charge on any atom is -0.457 e. The molecule has 6 aromatic rings. The van der Waals surface area contributed by atoms with Gasteiger partial charge in [0, 0.05) is 32.9 Å². The van der Waals surface area contributed by atoms with Gasteiger partial charge in [0.15, 0.2) is 0 Å². The lowest BCUT2D eigenvalue weighted by Crippen LogP contribution is -2.32. The summed E-state index contributed by atoms with van der Waals surface area (Å²) in [6.45, 7) is 0. The summed E-state index contributed by atoms with van der Waals surface area (Å²) in [6, 6.07) is 39.1. The van der Waals surface area contributed by atoms with E-state index >= 15 is 0 Å². The van der Waals surface area contributed by atoms with Crippen molar-refractivity contribution in [3.63, 3.8) is 0 Å². The van der Waals surface area contributed by atoms with Crippen LogP contribution in [0, 0.1) is 0 Å². The average molecular weight is 421 g/mol. The van der Waals surface area contributed by atoms with E-state index < -0.39 is 5.41 Å². The van der Waals surface area contributed by atoms with Gasteiger partial charge in [0.25, 0.3) is 0 Å². The molecule has 0 bridgehead atoms. The van der Waals surface area contributed by atoms with Crippen LogP contribution in [-0.4, -0.2) is 4.98 Å². The third-order valence-electron chi connectivity index (χ3n) is 7.47. The molecule has 33 heavy (non-hydrogen) atoms. The largest absolute Gasteiger partial charge is 0.457 e. The molecule has 0 radical (unpaired) electrons. The molecule has 0 saturated heterocycles. The minimum absolute atomic E-state index is 0.443. The van der Waals surface area contributed by atoms with Crippen LogP contribution in [0.2, 0.25) is 0 Å². The number of aromatic nitrogens is 1. The Labute approximate surface area is 191 Å². The third-order valence-corrected chi connectivity index (χ3v) is 7.47. The summed E-state index contributed by atoms with van der Waals surface area (Å²) >= 11 is 0. The fourth-order valence-corrected chi connectivity index (χ4v) is 6.29. The van der Waals surface area contributed by atoms with E-state index in [2.05, 4.69) is 114 Å². The predicted octanol–water partition coefficient (Wildman–Crippen LogP) is 7.79. The van der Waals surface area contributed by atoms with Gasteiger partial charge in [-0.15, -0.1) is 0 Å². The van der Waals surface area contributed by atoms with Crippen LogP contribution in [0.5, 0.6) is 11.5 Å². The molecular weight excluding hydrogens is 402 g/mol. The van der Waals surface area contributed by atoms with Crippen LogP contribution in [-0.2, 0) is 5.41 Å². The quantitative estimate of drug-likeness (QED) is 0.266. The van der Waals surface area contributed by atoms with Gasteiger partial charge in [0.1, 0.15) is 11.5 Å². The number of rotatable bonds is 0. The number of aromatic amines is 1. The topological polar surface area (TPSA) is 25.0 Å². The first-order valence-corrected chi connectivity index (χ1v) is 11.4. The Hall–Kier alpha value is -4.30. The Balaban J connectivity index is 1.68. The molecule has 154 valence electrons. The number of nitrogens with one attached hydrogen (secondary N) is 1. The van der Waals surface area contributed by atoms with Gasteiger partial charge >= 0.3 is 0 Å². The SMILES string of the molecule is c1ccc2c(c1)Oc1ccccc1C21c2ccccc2-c2ccc3[nH]c4ccccc4c3c21. The highest BCUT2D eigenvalue weighted by Gasteiger charge is 2.52. The molecule has 2 heterocycles. The van der Waals surface area contributed by atoms with Gasteiger partial charge in [-0.05, 0) is 46.5 Å². The molecule has 0 unspecified atom stereocenters. The number of H-pyrrole nitrogens is 1. The zero-order valence-corrected chi connectivity index (χ0v) is 17.8. The average Bonchev–Trinajstić information content (AvgIpc) is 3.39. The number of para-hydroxylation sites is 3. The molecule has 1 spiro atoms. The van der Waals surface area contributed by atoms with Crippen molar-refractivity contribution in [3.8, 4) is 22.6 Å². The van der Waals surface area contributed by atoms with Crippen molar-refractivity contribution in [3.05, 3.63) is 131 Å². The molecule has 2 heteroatoms. The van der Waals surface area contributed by atoms with E-state index in [0.29, 0.717) is 0 Å². The van der Waals surface area contributed by atoms with Crippen LogP contribution in [0.1, 0.15) is 22.3 Å². The fraction of sp³-hybridized carbons (Fsp3) is 0.0323. The molecule has 8 rings (SSSR count). The monoisotopic (exact) mass is 421 g/mol. The van der Waals surface area contributed by atoms with Crippen LogP contribution in [0.15, 0.2) is 109 Å². The summed E-state index contributed by atoms with van der Waals surface area (Å²) in [5, 5.41) is 2.56. The lowest BCUT2D eigenvalue weighted by molar-refractivity contribution is 0.437. The lowest BCUT2D eigenvalue weighted by Gasteiger charge is -2.39. The van der Waals surface area contributed by atoms with E-state index in [4.69, 9.17) is 4.74 Å². The highest BCUT2D eigenvalue weighted by atomic mass is 16.5. The van der Waals surface area contributed by atoms with Gasteiger partial charge in [-0.25, -0.2) is 0 Å². The highest BCUT2D eigenvalue weighted by Crippen LogP contribution is 2.63. The first kappa shape index (κ1) is 17.3. The predicted molar refractivity (Wildman–Crippen MR) is 133 cm³/mol. The van der Waals surface area contributed by atoms with Gasteiger partial charge in [-0.1, -0.05) is 84.9 Å². The second-order valence-electron chi connectivity index (χ2n) is 8.97. The van der Waals surface area contributed by atoms with E-state index in [1.807, 2.05) is 0 Å². The zero-order valence-electron chi connectivity index (χ0n) is 17.8. The van der Waals surface area contributed by atoms with Crippen molar-refractivity contribution >= 4 is 21.8 Å². The molecule has 0 amide bonds. The summed E-state index contributed by atoms with van der Waals surface area (Å²) in [6.07, 6.45) is 0. The maximum atomic E-state index is 6.47. The van der Waals surface area contributed by atoms with Crippen LogP contribution in [0.25, 0.3) is 32.9 Å². The second kappa shape index (κ2) is 5.93. The molecule has 0 saturated carbocycles. The highest BCUT2D eigenvalue weighted by molar-refractivity contribution is 6.14.